The summed E-state index contributed by atoms with van der Waals surface area (Å²) in [7, 11) is 4.55. The van der Waals surface area contributed by atoms with Crippen LogP contribution < -0.4 is 5.32 Å². The molecule has 0 radical (unpaired) electrons. The minimum absolute atomic E-state index is 0.00377. The molecule has 3 aliphatic rings. The number of rotatable bonds is 5. The van der Waals surface area contributed by atoms with E-state index in [9.17, 15) is 5.11 Å². The van der Waals surface area contributed by atoms with Gasteiger partial charge in [0.05, 0.1) is 6.61 Å². The molecule has 1 heterocycles. The van der Waals surface area contributed by atoms with Gasteiger partial charge in [0.1, 0.15) is 0 Å². The number of nitrogens with zero attached hydrogens (tertiary/aromatic N) is 2. The van der Waals surface area contributed by atoms with Crippen LogP contribution in [0.1, 0.15) is 51.4 Å². The Kier molecular flexibility index (Phi) is 4.89. The Balaban J connectivity index is 1.58. The van der Waals surface area contributed by atoms with E-state index >= 15 is 0 Å². The van der Waals surface area contributed by atoms with Crippen LogP contribution in [0.2, 0.25) is 0 Å². The van der Waals surface area contributed by atoms with Crippen LogP contribution in [0.15, 0.2) is 0 Å². The molecule has 0 amide bonds. The lowest BCUT2D eigenvalue weighted by molar-refractivity contribution is 0.0358. The lowest BCUT2D eigenvalue weighted by Crippen LogP contribution is -2.57. The molecule has 0 spiro atoms. The molecule has 3 fully saturated rings. The summed E-state index contributed by atoms with van der Waals surface area (Å²) in [4.78, 5) is 5.09. The summed E-state index contributed by atoms with van der Waals surface area (Å²) in [5, 5.41) is 13.7. The first-order valence-electron chi connectivity index (χ1n) is 8.91. The maximum Gasteiger partial charge on any atom is 0.0613 e. The van der Waals surface area contributed by atoms with E-state index in [0.29, 0.717) is 18.7 Å². The van der Waals surface area contributed by atoms with Gasteiger partial charge in [-0.2, -0.15) is 0 Å². The average molecular weight is 295 g/mol. The molecule has 1 saturated heterocycles. The van der Waals surface area contributed by atoms with Gasteiger partial charge in [-0.25, -0.2) is 0 Å². The highest BCUT2D eigenvalue weighted by Gasteiger charge is 2.41. The van der Waals surface area contributed by atoms with Crippen molar-refractivity contribution >= 4 is 0 Å². The molecule has 3 rings (SSSR count). The zero-order chi connectivity index (χ0) is 14.9. The first-order valence-corrected chi connectivity index (χ1v) is 8.91. The summed E-state index contributed by atoms with van der Waals surface area (Å²) < 4.78 is 0. The van der Waals surface area contributed by atoms with Crippen LogP contribution in [0.3, 0.4) is 0 Å². The number of aliphatic hydroxyl groups excluding tert-OH is 1. The Bertz CT molecular complexity index is 339. The third kappa shape index (κ3) is 3.79. The van der Waals surface area contributed by atoms with E-state index in [2.05, 4.69) is 29.2 Å². The minimum atomic E-state index is 0.00377. The lowest BCUT2D eigenvalue weighted by Gasteiger charge is -2.47. The Morgan fingerprint density at radius 3 is 2.48 bits per heavy atom. The summed E-state index contributed by atoms with van der Waals surface area (Å²) >= 11 is 0. The van der Waals surface area contributed by atoms with Crippen LogP contribution in [0, 0.1) is 0 Å². The third-order valence-electron chi connectivity index (χ3n) is 6.05. The van der Waals surface area contributed by atoms with Crippen molar-refractivity contribution in [1.29, 1.82) is 0 Å². The number of hydrogen-bond acceptors (Lipinski definition) is 4. The van der Waals surface area contributed by atoms with Crippen molar-refractivity contribution in [1.82, 2.24) is 15.1 Å². The Hall–Kier alpha value is -0.160. The summed E-state index contributed by atoms with van der Waals surface area (Å²) in [6, 6.07) is 2.07. The maximum absolute atomic E-state index is 9.98. The molecule has 0 aromatic heterocycles. The summed E-state index contributed by atoms with van der Waals surface area (Å²) in [5.41, 5.74) is 0.00377. The largest absolute Gasteiger partial charge is 0.394 e. The number of aliphatic hydroxyl groups is 1. The van der Waals surface area contributed by atoms with Crippen molar-refractivity contribution in [2.75, 3.05) is 33.8 Å². The molecular formula is C17H33N3O. The molecule has 2 saturated carbocycles. The monoisotopic (exact) mass is 295 g/mol. The fourth-order valence-electron chi connectivity index (χ4n) is 4.36. The average Bonchev–Trinajstić information content (AvgIpc) is 3.31. The van der Waals surface area contributed by atoms with Crippen LogP contribution in [0.5, 0.6) is 0 Å². The van der Waals surface area contributed by atoms with Crippen molar-refractivity contribution in [3.05, 3.63) is 0 Å². The summed E-state index contributed by atoms with van der Waals surface area (Å²) in [6.45, 7) is 2.77. The highest BCUT2D eigenvalue weighted by Crippen LogP contribution is 2.35. The number of hydrogen-bond donors (Lipinski definition) is 2. The van der Waals surface area contributed by atoms with Crippen LogP contribution >= 0.6 is 0 Å². The molecule has 2 atom stereocenters. The molecule has 0 bridgehead atoms. The maximum atomic E-state index is 9.98. The first kappa shape index (κ1) is 15.7. The molecule has 2 unspecified atom stereocenters. The smallest absolute Gasteiger partial charge is 0.0613 e. The van der Waals surface area contributed by atoms with Gasteiger partial charge in [-0.1, -0.05) is 0 Å². The highest BCUT2D eigenvalue weighted by atomic mass is 16.3. The van der Waals surface area contributed by atoms with Gasteiger partial charge in [0, 0.05) is 23.7 Å². The van der Waals surface area contributed by atoms with Crippen molar-refractivity contribution < 1.29 is 5.11 Å². The predicted molar refractivity (Wildman–Crippen MR) is 86.5 cm³/mol. The number of piperidine rings is 1. The second-order valence-corrected chi connectivity index (χ2v) is 7.81. The summed E-state index contributed by atoms with van der Waals surface area (Å²) in [6.07, 6.45) is 10.0. The second kappa shape index (κ2) is 6.53. The van der Waals surface area contributed by atoms with Crippen LogP contribution in [-0.4, -0.2) is 72.4 Å². The standard InChI is InChI=1S/C17H33N3O/c1-19-10-7-15(8-11-19)20(2)16-4-3-9-17(12-16,13-21)18-14-5-6-14/h14-16,18,21H,3-13H2,1-2H3. The Labute approximate surface area is 129 Å². The van der Waals surface area contributed by atoms with E-state index in [0.717, 1.165) is 18.9 Å². The Morgan fingerprint density at radius 1 is 1.14 bits per heavy atom. The van der Waals surface area contributed by atoms with E-state index in [-0.39, 0.29) is 5.54 Å². The van der Waals surface area contributed by atoms with Gasteiger partial charge >= 0.3 is 0 Å². The van der Waals surface area contributed by atoms with E-state index < -0.39 is 0 Å². The van der Waals surface area contributed by atoms with Crippen molar-refractivity contribution in [3.8, 4) is 0 Å². The van der Waals surface area contributed by atoms with Crippen molar-refractivity contribution in [2.45, 2.75) is 75.0 Å². The van der Waals surface area contributed by atoms with Gasteiger partial charge in [-0.15, -0.1) is 0 Å². The van der Waals surface area contributed by atoms with Gasteiger partial charge in [0.15, 0.2) is 0 Å². The molecule has 2 N–H and O–H groups in total. The van der Waals surface area contributed by atoms with Crippen LogP contribution in [0.4, 0.5) is 0 Å². The molecule has 2 aliphatic carbocycles. The van der Waals surface area contributed by atoms with Crippen molar-refractivity contribution in [2.24, 2.45) is 0 Å². The van der Waals surface area contributed by atoms with Gasteiger partial charge in [0.2, 0.25) is 0 Å². The fraction of sp³-hybridized carbons (Fsp3) is 1.00. The van der Waals surface area contributed by atoms with Gasteiger partial charge < -0.3 is 20.2 Å². The van der Waals surface area contributed by atoms with Gasteiger partial charge in [-0.05, 0) is 78.6 Å². The molecule has 4 heteroatoms. The van der Waals surface area contributed by atoms with E-state index in [1.165, 1.54) is 51.6 Å². The second-order valence-electron chi connectivity index (χ2n) is 7.81. The molecule has 4 nitrogen and oxygen atoms in total. The summed E-state index contributed by atoms with van der Waals surface area (Å²) in [5.74, 6) is 0. The third-order valence-corrected chi connectivity index (χ3v) is 6.05. The van der Waals surface area contributed by atoms with Crippen LogP contribution in [-0.2, 0) is 0 Å². The van der Waals surface area contributed by atoms with E-state index in [1.54, 1.807) is 0 Å². The molecule has 21 heavy (non-hydrogen) atoms. The number of likely N-dealkylation sites (tertiary alicyclic amines) is 1. The fourth-order valence-corrected chi connectivity index (χ4v) is 4.36. The molecule has 1 aliphatic heterocycles. The van der Waals surface area contributed by atoms with Crippen molar-refractivity contribution in [3.63, 3.8) is 0 Å². The van der Waals surface area contributed by atoms with E-state index in [4.69, 9.17) is 0 Å². The molecular weight excluding hydrogens is 262 g/mol. The zero-order valence-corrected chi connectivity index (χ0v) is 13.9. The zero-order valence-electron chi connectivity index (χ0n) is 13.9. The minimum Gasteiger partial charge on any atom is -0.394 e. The van der Waals surface area contributed by atoms with Gasteiger partial charge in [0.25, 0.3) is 0 Å². The quantitative estimate of drug-likeness (QED) is 0.805. The predicted octanol–water partition coefficient (Wildman–Crippen LogP) is 1.44. The first-order chi connectivity index (χ1) is 10.1. The topological polar surface area (TPSA) is 38.7 Å². The molecule has 0 aromatic rings. The number of nitrogens with one attached hydrogen (secondary N) is 1. The Morgan fingerprint density at radius 2 is 1.86 bits per heavy atom. The highest BCUT2D eigenvalue weighted by molar-refractivity contribution is 5.01. The SMILES string of the molecule is CN1CCC(N(C)C2CCCC(CO)(NC3CC3)C2)CC1. The normalized spacial score (nSPS) is 36.3. The molecule has 0 aromatic carbocycles. The van der Waals surface area contributed by atoms with Crippen LogP contribution in [0.25, 0.3) is 0 Å². The van der Waals surface area contributed by atoms with E-state index in [1.807, 2.05) is 0 Å². The molecule has 122 valence electrons. The lowest BCUT2D eigenvalue weighted by atomic mass is 9.78. The van der Waals surface area contributed by atoms with Gasteiger partial charge in [-0.3, -0.25) is 0 Å².